The fraction of sp³-hybridized carbons (Fsp3) is 0.533. The highest BCUT2D eigenvalue weighted by Gasteiger charge is 2.32. The molecule has 0 atom stereocenters. The molecule has 0 saturated heterocycles. The van der Waals surface area contributed by atoms with Crippen molar-refractivity contribution in [1.29, 1.82) is 0 Å². The lowest BCUT2D eigenvalue weighted by Crippen LogP contribution is -2.53. The molecule has 0 aliphatic rings. The van der Waals surface area contributed by atoms with Crippen LogP contribution in [-0.2, 0) is 11.3 Å². The Hall–Kier alpha value is -1.07. The van der Waals surface area contributed by atoms with E-state index in [-0.39, 0.29) is 5.91 Å². The second kappa shape index (κ2) is 7.09. The molecule has 4 nitrogen and oxygen atoms in total. The molecule has 0 fully saturated rings. The number of amides is 1. The van der Waals surface area contributed by atoms with Gasteiger partial charge in [-0.1, -0.05) is 29.8 Å². The Balaban J connectivity index is 2.93. The average molecular weight is 343 g/mol. The van der Waals surface area contributed by atoms with Gasteiger partial charge in [-0.2, -0.15) is 0 Å². The number of carbonyl (C=O) groups excluding carboxylic acids is 1. The van der Waals surface area contributed by atoms with Gasteiger partial charge in [0.1, 0.15) is 5.75 Å². The van der Waals surface area contributed by atoms with Gasteiger partial charge in [0.05, 0.1) is 12.6 Å². The molecule has 112 valence electrons. The van der Waals surface area contributed by atoms with Gasteiger partial charge in [0.25, 0.3) is 0 Å². The van der Waals surface area contributed by atoms with Crippen LogP contribution < -0.4 is 10.5 Å². The van der Waals surface area contributed by atoms with E-state index in [1.165, 1.54) is 0 Å². The second-order valence-corrected chi connectivity index (χ2v) is 5.90. The Kier molecular flexibility index (Phi) is 6.02. The normalized spacial score (nSPS) is 11.3. The highest BCUT2D eigenvalue weighted by atomic mass is 79.9. The van der Waals surface area contributed by atoms with Crippen molar-refractivity contribution in [3.63, 3.8) is 0 Å². The first-order valence-corrected chi connectivity index (χ1v) is 7.54. The minimum atomic E-state index is -0.784. The highest BCUT2D eigenvalue weighted by molar-refractivity contribution is 9.10. The number of hydrogen-bond acceptors (Lipinski definition) is 3. The maximum atomic E-state index is 12.5. The predicted molar refractivity (Wildman–Crippen MR) is 84.7 cm³/mol. The topological polar surface area (TPSA) is 55.6 Å². The van der Waals surface area contributed by atoms with Gasteiger partial charge in [-0.3, -0.25) is 4.79 Å². The van der Waals surface area contributed by atoms with Crippen LogP contribution in [0.4, 0.5) is 0 Å². The molecule has 1 aromatic rings. The predicted octanol–water partition coefficient (Wildman–Crippen LogP) is 2.93. The first-order chi connectivity index (χ1) is 9.37. The van der Waals surface area contributed by atoms with Gasteiger partial charge in [-0.15, -0.1) is 0 Å². The van der Waals surface area contributed by atoms with Crippen LogP contribution >= 0.6 is 15.9 Å². The largest absolute Gasteiger partial charge is 0.496 e. The third-order valence-corrected chi connectivity index (χ3v) is 4.18. The summed E-state index contributed by atoms with van der Waals surface area (Å²) in [5.74, 6) is 0.730. The summed E-state index contributed by atoms with van der Waals surface area (Å²) in [5.41, 5.74) is 6.33. The maximum Gasteiger partial charge on any atom is 0.242 e. The highest BCUT2D eigenvalue weighted by Crippen LogP contribution is 2.25. The zero-order chi connectivity index (χ0) is 15.3. The minimum absolute atomic E-state index is 0.0375. The monoisotopic (exact) mass is 342 g/mol. The summed E-state index contributed by atoms with van der Waals surface area (Å²) in [6.45, 7) is 4.35. The lowest BCUT2D eigenvalue weighted by molar-refractivity contribution is -0.136. The van der Waals surface area contributed by atoms with Gasteiger partial charge in [0.15, 0.2) is 0 Å². The first-order valence-electron chi connectivity index (χ1n) is 6.74. The van der Waals surface area contributed by atoms with Crippen molar-refractivity contribution in [3.05, 3.63) is 28.2 Å². The van der Waals surface area contributed by atoms with Gasteiger partial charge in [-0.05, 0) is 31.0 Å². The van der Waals surface area contributed by atoms with Gasteiger partial charge in [0.2, 0.25) is 5.91 Å². The minimum Gasteiger partial charge on any atom is -0.496 e. The van der Waals surface area contributed by atoms with E-state index < -0.39 is 5.54 Å². The molecular weight excluding hydrogens is 320 g/mol. The van der Waals surface area contributed by atoms with Crippen molar-refractivity contribution in [2.45, 2.75) is 38.8 Å². The van der Waals surface area contributed by atoms with Crippen molar-refractivity contribution in [2.75, 3.05) is 14.2 Å². The van der Waals surface area contributed by atoms with Crippen LogP contribution in [0.25, 0.3) is 0 Å². The van der Waals surface area contributed by atoms with E-state index >= 15 is 0 Å². The van der Waals surface area contributed by atoms with Gasteiger partial charge in [-0.25, -0.2) is 0 Å². The van der Waals surface area contributed by atoms with Crippen LogP contribution in [0, 0.1) is 0 Å². The van der Waals surface area contributed by atoms with Crippen molar-refractivity contribution in [1.82, 2.24) is 4.90 Å². The molecule has 0 aromatic heterocycles. The number of nitrogens with zero attached hydrogens (tertiary/aromatic N) is 1. The van der Waals surface area contributed by atoms with E-state index in [0.29, 0.717) is 19.4 Å². The Morgan fingerprint density at radius 3 is 2.50 bits per heavy atom. The van der Waals surface area contributed by atoms with Crippen LogP contribution in [0.1, 0.15) is 32.3 Å². The summed E-state index contributed by atoms with van der Waals surface area (Å²) in [4.78, 5) is 14.1. The van der Waals surface area contributed by atoms with E-state index in [1.807, 2.05) is 32.0 Å². The standard InChI is InChI=1S/C15H23BrN2O2/c1-5-15(17,6-2)14(19)18(3)10-11-9-12(16)7-8-13(11)20-4/h7-9H,5-6,10,17H2,1-4H3. The smallest absolute Gasteiger partial charge is 0.242 e. The number of carbonyl (C=O) groups is 1. The Labute approximate surface area is 129 Å². The van der Waals surface area contributed by atoms with Crippen LogP contribution in [0.5, 0.6) is 5.75 Å². The summed E-state index contributed by atoms with van der Waals surface area (Å²) in [6.07, 6.45) is 1.25. The number of halogens is 1. The van der Waals surface area contributed by atoms with Crippen molar-refractivity contribution in [3.8, 4) is 5.75 Å². The second-order valence-electron chi connectivity index (χ2n) is 4.98. The Bertz CT molecular complexity index is 473. The van der Waals surface area contributed by atoms with Crippen molar-refractivity contribution < 1.29 is 9.53 Å². The molecule has 1 aromatic carbocycles. The number of benzene rings is 1. The molecule has 0 radical (unpaired) electrons. The molecule has 0 unspecified atom stereocenters. The van der Waals surface area contributed by atoms with E-state index in [1.54, 1.807) is 19.1 Å². The molecule has 2 N–H and O–H groups in total. The van der Waals surface area contributed by atoms with Crippen LogP contribution in [-0.4, -0.2) is 30.5 Å². The maximum absolute atomic E-state index is 12.5. The summed E-state index contributed by atoms with van der Waals surface area (Å²) < 4.78 is 6.29. The third-order valence-electron chi connectivity index (χ3n) is 3.68. The quantitative estimate of drug-likeness (QED) is 0.864. The molecule has 0 spiro atoms. The van der Waals surface area contributed by atoms with Crippen molar-refractivity contribution >= 4 is 21.8 Å². The van der Waals surface area contributed by atoms with E-state index in [0.717, 1.165) is 15.8 Å². The first kappa shape index (κ1) is 17.0. The van der Waals surface area contributed by atoms with Gasteiger partial charge < -0.3 is 15.4 Å². The average Bonchev–Trinajstić information content (AvgIpc) is 2.45. The summed E-state index contributed by atoms with van der Waals surface area (Å²) >= 11 is 3.44. The van der Waals surface area contributed by atoms with E-state index in [4.69, 9.17) is 10.5 Å². The van der Waals surface area contributed by atoms with E-state index in [9.17, 15) is 4.79 Å². The molecule has 0 heterocycles. The number of ether oxygens (including phenoxy) is 1. The van der Waals surface area contributed by atoms with Crippen LogP contribution in [0.3, 0.4) is 0 Å². The summed E-state index contributed by atoms with van der Waals surface area (Å²) in [7, 11) is 3.40. The summed E-state index contributed by atoms with van der Waals surface area (Å²) in [5, 5.41) is 0. The molecule has 1 amide bonds. The lowest BCUT2D eigenvalue weighted by atomic mass is 9.92. The number of hydrogen-bond donors (Lipinski definition) is 1. The SMILES string of the molecule is CCC(N)(CC)C(=O)N(C)Cc1cc(Br)ccc1OC. The molecule has 1 rings (SSSR count). The van der Waals surface area contributed by atoms with Crippen LogP contribution in [0.2, 0.25) is 0 Å². The molecule has 0 aliphatic carbocycles. The van der Waals surface area contributed by atoms with Crippen molar-refractivity contribution in [2.24, 2.45) is 5.73 Å². The molecule has 0 bridgehead atoms. The zero-order valence-electron chi connectivity index (χ0n) is 12.6. The number of methoxy groups -OCH3 is 1. The summed E-state index contributed by atoms with van der Waals surface area (Å²) in [6, 6.07) is 5.75. The Morgan fingerprint density at radius 1 is 1.40 bits per heavy atom. The molecule has 20 heavy (non-hydrogen) atoms. The number of nitrogens with two attached hydrogens (primary N) is 1. The van der Waals surface area contributed by atoms with E-state index in [2.05, 4.69) is 15.9 Å². The number of likely N-dealkylation sites (N-methyl/N-ethyl adjacent to an activating group) is 1. The van der Waals surface area contributed by atoms with Crippen LogP contribution in [0.15, 0.2) is 22.7 Å². The molecule has 5 heteroatoms. The fourth-order valence-electron chi connectivity index (χ4n) is 2.13. The van der Waals surface area contributed by atoms with Gasteiger partial charge >= 0.3 is 0 Å². The lowest BCUT2D eigenvalue weighted by Gasteiger charge is -2.31. The fourth-order valence-corrected chi connectivity index (χ4v) is 2.54. The molecular formula is C15H23BrN2O2. The Morgan fingerprint density at radius 2 is 2.00 bits per heavy atom. The molecule has 0 saturated carbocycles. The van der Waals surface area contributed by atoms with Gasteiger partial charge in [0, 0.05) is 23.6 Å². The third kappa shape index (κ3) is 3.73. The zero-order valence-corrected chi connectivity index (χ0v) is 14.2. The number of rotatable bonds is 6. The molecule has 0 aliphatic heterocycles.